The Morgan fingerprint density at radius 2 is 1.50 bits per heavy atom. The standard InChI is InChI=1S/C47H51N5O.Pt/c1-31(2)19-33-21-34(20-32(3)4)23-36(22-33)51-30-50(29-44(51)47(8,9)10)37-25-39(28-48-27-37)53-38-15-16-41-40-13-11-12-14-42(40)52(43(41)26-38)45-24-35(17-18-49-45)46(5,6)7;/h11-18,21-24,27-29,31-32H,19-20H2,1-10H3;/q-2;/i19D2,20D2;. The number of nitrogens with zero attached hydrogens (tertiary/aromatic N) is 5. The second-order valence-corrected chi connectivity index (χ2v) is 16.4. The molecule has 0 amide bonds. The van der Waals surface area contributed by atoms with E-state index in [0.29, 0.717) is 34.0 Å². The number of para-hydroxylation sites is 1. The van der Waals surface area contributed by atoms with Crippen molar-refractivity contribution >= 4 is 21.8 Å². The van der Waals surface area contributed by atoms with Gasteiger partial charge in [0.05, 0.1) is 11.4 Å². The largest absolute Gasteiger partial charge is 0.508 e. The SMILES string of the molecule is [2H]C([2H])(c1cc(-[n+]2[c-]n(-c3[c-]c(Oc4[c-]c5c(cc4)c4ccccc4n5-c4cc(C(C)(C)C)ccn4)cnc3)cc2C(C)(C)C)cc(C([2H])([2H])C(C)C)c1)C(C)C.[Pt]. The Labute approximate surface area is 341 Å². The maximum absolute atomic E-state index is 8.97. The Morgan fingerprint density at radius 3 is 2.17 bits per heavy atom. The molecule has 3 aromatic carbocycles. The van der Waals surface area contributed by atoms with Gasteiger partial charge in [-0.25, -0.2) is 4.98 Å². The molecule has 0 spiro atoms. The monoisotopic (exact) mass is 900 g/mol. The van der Waals surface area contributed by atoms with Crippen molar-refractivity contribution in [1.82, 2.24) is 19.1 Å². The molecule has 4 heterocycles. The Hall–Kier alpha value is -4.54. The smallest absolute Gasteiger partial charge is 0.267 e. The van der Waals surface area contributed by atoms with Crippen molar-refractivity contribution in [1.29, 1.82) is 0 Å². The van der Waals surface area contributed by atoms with Crippen molar-refractivity contribution in [3.05, 3.63) is 132 Å². The molecule has 7 heteroatoms. The van der Waals surface area contributed by atoms with E-state index in [1.54, 1.807) is 23.0 Å². The molecule has 0 saturated carbocycles. The summed E-state index contributed by atoms with van der Waals surface area (Å²) in [5.74, 6) is 1.05. The van der Waals surface area contributed by atoms with Crippen LogP contribution in [0.25, 0.3) is 39.0 Å². The van der Waals surface area contributed by atoms with Gasteiger partial charge in [-0.3, -0.25) is 4.57 Å². The van der Waals surface area contributed by atoms with Gasteiger partial charge in [-0.2, -0.15) is 6.07 Å². The second-order valence-electron chi connectivity index (χ2n) is 16.4. The number of rotatable bonds is 9. The third-order valence-electron chi connectivity index (χ3n) is 9.07. The molecule has 7 aromatic rings. The Kier molecular flexibility index (Phi) is 9.63. The first-order chi connectivity index (χ1) is 26.7. The van der Waals surface area contributed by atoms with Crippen LogP contribution < -0.4 is 9.30 Å². The molecule has 4 aromatic heterocycles. The average Bonchev–Trinajstić information content (AvgIpc) is 3.75. The minimum atomic E-state index is -1.69. The van der Waals surface area contributed by atoms with Gasteiger partial charge in [0.1, 0.15) is 5.82 Å². The number of imidazole rings is 1. The fraction of sp³-hybridized carbons (Fsp3) is 0.340. The van der Waals surface area contributed by atoms with Gasteiger partial charge in [-0.1, -0.05) is 116 Å². The van der Waals surface area contributed by atoms with Crippen LogP contribution in [0.2, 0.25) is 0 Å². The van der Waals surface area contributed by atoms with E-state index in [9.17, 15) is 0 Å². The van der Waals surface area contributed by atoms with Crippen LogP contribution in [0.3, 0.4) is 0 Å². The van der Waals surface area contributed by atoms with E-state index in [4.69, 9.17) is 15.2 Å². The van der Waals surface area contributed by atoms with E-state index >= 15 is 0 Å². The quantitative estimate of drug-likeness (QED) is 0.107. The van der Waals surface area contributed by atoms with Gasteiger partial charge in [0.25, 0.3) is 6.33 Å². The fourth-order valence-corrected chi connectivity index (χ4v) is 6.63. The van der Waals surface area contributed by atoms with Gasteiger partial charge >= 0.3 is 0 Å². The van der Waals surface area contributed by atoms with E-state index in [1.165, 1.54) is 5.56 Å². The van der Waals surface area contributed by atoms with Crippen LogP contribution in [-0.2, 0) is 44.6 Å². The van der Waals surface area contributed by atoms with Crippen LogP contribution in [0.15, 0.2) is 91.5 Å². The molecule has 0 unspecified atom stereocenters. The third kappa shape index (κ3) is 8.25. The molecule has 0 saturated heterocycles. The van der Waals surface area contributed by atoms with Crippen molar-refractivity contribution in [2.45, 2.75) is 92.8 Å². The number of hydrogen-bond donors (Lipinski definition) is 0. The predicted octanol–water partition coefficient (Wildman–Crippen LogP) is 10.8. The average molecular weight is 901 g/mol. The van der Waals surface area contributed by atoms with Crippen LogP contribution >= 0.6 is 0 Å². The first kappa shape index (κ1) is 34.0. The summed E-state index contributed by atoms with van der Waals surface area (Å²) >= 11 is 0. The molecule has 6 nitrogen and oxygen atoms in total. The normalized spacial score (nSPS) is 13.9. The van der Waals surface area contributed by atoms with Gasteiger partial charge in [0.2, 0.25) is 0 Å². The summed E-state index contributed by atoms with van der Waals surface area (Å²) in [6.07, 6.45) is 7.21. The van der Waals surface area contributed by atoms with E-state index < -0.39 is 12.7 Å². The number of fused-ring (bicyclic) bond motifs is 3. The Bertz CT molecular complexity index is 2570. The Morgan fingerprint density at radius 1 is 0.796 bits per heavy atom. The number of pyridine rings is 2. The Balaban J connectivity index is 0.00000567. The third-order valence-corrected chi connectivity index (χ3v) is 9.07. The molecular weight excluding hydrogens is 846 g/mol. The summed E-state index contributed by atoms with van der Waals surface area (Å²) in [7, 11) is 0. The molecular formula is C47H51N5OPt-2. The molecule has 0 bridgehead atoms. The van der Waals surface area contributed by atoms with Crippen molar-refractivity contribution in [3.63, 3.8) is 0 Å². The minimum Gasteiger partial charge on any atom is -0.508 e. The van der Waals surface area contributed by atoms with Crippen molar-refractivity contribution in [2.75, 3.05) is 0 Å². The van der Waals surface area contributed by atoms with Crippen LogP contribution in [-0.4, -0.2) is 19.1 Å². The van der Waals surface area contributed by atoms with E-state index in [0.717, 1.165) is 33.3 Å². The van der Waals surface area contributed by atoms with E-state index in [-0.39, 0.29) is 43.7 Å². The van der Waals surface area contributed by atoms with Crippen LogP contribution in [0.4, 0.5) is 0 Å². The van der Waals surface area contributed by atoms with Crippen molar-refractivity contribution in [3.8, 4) is 28.7 Å². The fourth-order valence-electron chi connectivity index (χ4n) is 6.63. The van der Waals surface area contributed by atoms with Crippen molar-refractivity contribution < 1.29 is 35.9 Å². The summed E-state index contributed by atoms with van der Waals surface area (Å²) in [6, 6.07) is 28.7. The number of ether oxygens (including phenoxy) is 1. The summed E-state index contributed by atoms with van der Waals surface area (Å²) in [5, 5.41) is 2.13. The van der Waals surface area contributed by atoms with E-state index in [2.05, 4.69) is 99.9 Å². The summed E-state index contributed by atoms with van der Waals surface area (Å²) < 4.78 is 48.1. The molecule has 0 N–H and O–H groups in total. The minimum absolute atomic E-state index is 0. The van der Waals surface area contributed by atoms with E-state index in [1.807, 2.05) is 75.0 Å². The zero-order chi connectivity index (χ0) is 41.2. The number of hydrogen-bond acceptors (Lipinski definition) is 3. The maximum atomic E-state index is 8.97. The van der Waals surface area contributed by atoms with Crippen LogP contribution in [0.5, 0.6) is 11.5 Å². The molecule has 282 valence electrons. The maximum Gasteiger partial charge on any atom is 0.267 e. The summed E-state index contributed by atoms with van der Waals surface area (Å²) in [5.41, 5.74) is 5.59. The molecule has 54 heavy (non-hydrogen) atoms. The first-order valence-corrected chi connectivity index (χ1v) is 18.4. The molecule has 0 radical (unpaired) electrons. The van der Waals surface area contributed by atoms with Crippen molar-refractivity contribution in [2.24, 2.45) is 11.8 Å². The van der Waals surface area contributed by atoms with Gasteiger partial charge in [0, 0.05) is 56.0 Å². The number of aromatic nitrogens is 5. The molecule has 7 rings (SSSR count). The van der Waals surface area contributed by atoms with Gasteiger partial charge in [-0.15, -0.1) is 23.6 Å². The topological polar surface area (TPSA) is 48.8 Å². The predicted molar refractivity (Wildman–Crippen MR) is 215 cm³/mol. The van der Waals surface area contributed by atoms with Crippen LogP contribution in [0, 0.1) is 30.3 Å². The van der Waals surface area contributed by atoms with Gasteiger partial charge in [-0.05, 0) is 88.6 Å². The van der Waals surface area contributed by atoms with Gasteiger partial charge < -0.3 is 18.9 Å². The first-order valence-electron chi connectivity index (χ1n) is 20.4. The summed E-state index contributed by atoms with van der Waals surface area (Å²) in [4.78, 5) is 9.31. The molecule has 0 aliphatic rings. The zero-order valence-electron chi connectivity index (χ0n) is 36.8. The zero-order valence-corrected chi connectivity index (χ0v) is 35.0. The molecule has 0 atom stereocenters. The second kappa shape index (κ2) is 15.3. The molecule has 0 aliphatic heterocycles. The molecule has 0 aliphatic carbocycles. The molecule has 0 fully saturated rings. The van der Waals surface area contributed by atoms with Gasteiger partial charge in [0.15, 0.2) is 0 Å². The van der Waals surface area contributed by atoms with Crippen LogP contribution in [0.1, 0.15) is 97.1 Å². The number of benzene rings is 3. The summed E-state index contributed by atoms with van der Waals surface area (Å²) in [6.45, 7) is 20.3.